The molecular formula is C19H18Cl2N2OS. The third kappa shape index (κ3) is 3.06. The minimum absolute atomic E-state index is 0.0922. The van der Waals surface area contributed by atoms with Crippen LogP contribution >= 0.6 is 35.0 Å². The predicted molar refractivity (Wildman–Crippen MR) is 106 cm³/mol. The quantitative estimate of drug-likeness (QED) is 0.831. The predicted octanol–water partition coefficient (Wildman–Crippen LogP) is 4.56. The van der Waals surface area contributed by atoms with Gasteiger partial charge in [-0.3, -0.25) is 4.99 Å². The van der Waals surface area contributed by atoms with Crippen LogP contribution in [-0.4, -0.2) is 33.5 Å². The molecule has 4 rings (SSSR count). The topological polar surface area (TPSA) is 35.8 Å². The zero-order valence-corrected chi connectivity index (χ0v) is 15.9. The second kappa shape index (κ2) is 6.84. The Kier molecular flexibility index (Phi) is 4.71. The molecule has 0 spiro atoms. The summed E-state index contributed by atoms with van der Waals surface area (Å²) in [6.45, 7) is 1.58. The Morgan fingerprint density at radius 2 is 2.00 bits per heavy atom. The van der Waals surface area contributed by atoms with Crippen molar-refractivity contribution in [2.24, 2.45) is 4.99 Å². The molecule has 1 saturated heterocycles. The van der Waals surface area contributed by atoms with E-state index < -0.39 is 5.72 Å². The van der Waals surface area contributed by atoms with Gasteiger partial charge in [0.05, 0.1) is 10.3 Å². The zero-order chi connectivity index (χ0) is 17.4. The minimum atomic E-state index is -1.19. The molecule has 0 aromatic heterocycles. The molecule has 0 bridgehead atoms. The summed E-state index contributed by atoms with van der Waals surface area (Å²) in [6.07, 6.45) is 1.66. The smallest absolute Gasteiger partial charge is 0.180 e. The first-order valence-corrected chi connectivity index (χ1v) is 9.93. The van der Waals surface area contributed by atoms with Crippen LogP contribution in [0.15, 0.2) is 53.5 Å². The van der Waals surface area contributed by atoms with Crippen LogP contribution in [0.4, 0.5) is 0 Å². The molecule has 3 nitrogen and oxygen atoms in total. The number of benzene rings is 2. The van der Waals surface area contributed by atoms with Crippen molar-refractivity contribution in [1.29, 1.82) is 0 Å². The molecule has 1 fully saturated rings. The second-order valence-electron chi connectivity index (χ2n) is 6.32. The van der Waals surface area contributed by atoms with Crippen molar-refractivity contribution in [2.45, 2.75) is 23.8 Å². The maximum atomic E-state index is 11.8. The number of rotatable bonds is 3. The maximum absolute atomic E-state index is 11.8. The van der Waals surface area contributed by atoms with E-state index in [1.54, 1.807) is 23.9 Å². The Labute approximate surface area is 161 Å². The van der Waals surface area contributed by atoms with Gasteiger partial charge in [-0.2, -0.15) is 0 Å². The van der Waals surface area contributed by atoms with Crippen LogP contribution in [0.2, 0.25) is 10.0 Å². The normalized spacial score (nSPS) is 25.6. The summed E-state index contributed by atoms with van der Waals surface area (Å²) in [5, 5.41) is 13.7. The molecule has 2 atom stereocenters. The standard InChI is InChI=1S/C19H18Cl2N2OS/c20-14-7-8-15(16(21)12-14)19(24)17(11-13-5-2-1-3-6-13)25-18-22-9-4-10-23(18)19/h1-3,5-8,12,17,24H,4,9-11H2. The average molecular weight is 393 g/mol. The van der Waals surface area contributed by atoms with Crippen LogP contribution < -0.4 is 0 Å². The summed E-state index contributed by atoms with van der Waals surface area (Å²) in [5.74, 6) is 0. The van der Waals surface area contributed by atoms with Crippen molar-refractivity contribution in [3.05, 3.63) is 69.7 Å². The fourth-order valence-electron chi connectivity index (χ4n) is 3.50. The van der Waals surface area contributed by atoms with Gasteiger partial charge in [0.2, 0.25) is 0 Å². The number of aliphatic hydroxyl groups is 1. The van der Waals surface area contributed by atoms with Gasteiger partial charge in [0.1, 0.15) is 0 Å². The molecule has 2 unspecified atom stereocenters. The van der Waals surface area contributed by atoms with E-state index in [0.29, 0.717) is 15.6 Å². The minimum Gasteiger partial charge on any atom is -0.366 e. The fraction of sp³-hybridized carbons (Fsp3) is 0.316. The lowest BCUT2D eigenvalue weighted by Gasteiger charge is -2.39. The number of nitrogens with zero attached hydrogens (tertiary/aromatic N) is 2. The first-order chi connectivity index (χ1) is 12.1. The van der Waals surface area contributed by atoms with Gasteiger partial charge in [-0.15, -0.1) is 0 Å². The highest BCUT2D eigenvalue weighted by molar-refractivity contribution is 8.14. The van der Waals surface area contributed by atoms with Crippen molar-refractivity contribution < 1.29 is 5.11 Å². The van der Waals surface area contributed by atoms with Crippen molar-refractivity contribution in [3.63, 3.8) is 0 Å². The third-order valence-electron chi connectivity index (χ3n) is 4.72. The molecule has 130 valence electrons. The molecule has 6 heteroatoms. The van der Waals surface area contributed by atoms with E-state index >= 15 is 0 Å². The number of thioether (sulfide) groups is 1. The lowest BCUT2D eigenvalue weighted by atomic mass is 9.92. The Morgan fingerprint density at radius 3 is 2.76 bits per heavy atom. The van der Waals surface area contributed by atoms with Crippen LogP contribution in [-0.2, 0) is 12.1 Å². The van der Waals surface area contributed by atoms with Gasteiger partial charge in [-0.25, -0.2) is 0 Å². The number of hydrogen-bond acceptors (Lipinski definition) is 4. The zero-order valence-electron chi connectivity index (χ0n) is 13.5. The highest BCUT2D eigenvalue weighted by Gasteiger charge is 2.53. The van der Waals surface area contributed by atoms with Gasteiger partial charge in [0.15, 0.2) is 10.9 Å². The van der Waals surface area contributed by atoms with Gasteiger partial charge in [0, 0.05) is 23.7 Å². The lowest BCUT2D eigenvalue weighted by Crippen LogP contribution is -2.50. The molecule has 1 N–H and O–H groups in total. The van der Waals surface area contributed by atoms with Crippen LogP contribution in [0.5, 0.6) is 0 Å². The van der Waals surface area contributed by atoms with E-state index in [2.05, 4.69) is 17.1 Å². The largest absolute Gasteiger partial charge is 0.366 e. The van der Waals surface area contributed by atoms with E-state index in [1.807, 2.05) is 29.2 Å². The summed E-state index contributed by atoms with van der Waals surface area (Å²) >= 11 is 14.2. The number of fused-ring (bicyclic) bond motifs is 1. The Balaban J connectivity index is 1.78. The summed E-state index contributed by atoms with van der Waals surface area (Å²) < 4.78 is 0. The van der Waals surface area contributed by atoms with E-state index in [-0.39, 0.29) is 5.25 Å². The lowest BCUT2D eigenvalue weighted by molar-refractivity contribution is -0.0720. The molecule has 2 heterocycles. The first-order valence-electron chi connectivity index (χ1n) is 8.29. The molecule has 0 amide bonds. The summed E-state index contributed by atoms with van der Waals surface area (Å²) in [4.78, 5) is 6.63. The molecule has 25 heavy (non-hydrogen) atoms. The SMILES string of the molecule is OC1(c2ccc(Cl)cc2Cl)C(Cc2ccccc2)SC2=NCCCN21. The summed E-state index contributed by atoms with van der Waals surface area (Å²) in [6, 6.07) is 15.5. The molecule has 2 aliphatic heterocycles. The third-order valence-corrected chi connectivity index (χ3v) is 6.61. The molecule has 0 aliphatic carbocycles. The second-order valence-corrected chi connectivity index (χ2v) is 8.33. The van der Waals surface area contributed by atoms with E-state index in [9.17, 15) is 5.11 Å². The van der Waals surface area contributed by atoms with Crippen molar-refractivity contribution in [3.8, 4) is 0 Å². The molecule has 2 aromatic carbocycles. The van der Waals surface area contributed by atoms with Gasteiger partial charge < -0.3 is 10.0 Å². The monoisotopic (exact) mass is 392 g/mol. The van der Waals surface area contributed by atoms with Gasteiger partial charge in [-0.05, 0) is 30.5 Å². The van der Waals surface area contributed by atoms with Gasteiger partial charge >= 0.3 is 0 Å². The van der Waals surface area contributed by atoms with Crippen molar-refractivity contribution in [2.75, 3.05) is 13.1 Å². The molecule has 2 aliphatic rings. The molecule has 0 saturated carbocycles. The average Bonchev–Trinajstić information content (AvgIpc) is 2.89. The van der Waals surface area contributed by atoms with E-state index in [0.717, 1.165) is 31.1 Å². The highest BCUT2D eigenvalue weighted by Crippen LogP contribution is 2.49. The van der Waals surface area contributed by atoms with Crippen LogP contribution in [0.1, 0.15) is 17.5 Å². The molecular weight excluding hydrogens is 375 g/mol. The first kappa shape index (κ1) is 17.2. The van der Waals surface area contributed by atoms with Crippen LogP contribution in [0, 0.1) is 0 Å². The molecule has 0 radical (unpaired) electrons. The van der Waals surface area contributed by atoms with E-state index in [4.69, 9.17) is 23.2 Å². The maximum Gasteiger partial charge on any atom is 0.180 e. The number of hydrogen-bond donors (Lipinski definition) is 1. The Hall–Kier alpha value is -1.20. The Bertz CT molecular complexity index is 814. The summed E-state index contributed by atoms with van der Waals surface area (Å²) in [5.41, 5.74) is 0.685. The van der Waals surface area contributed by atoms with Crippen LogP contribution in [0.25, 0.3) is 0 Å². The van der Waals surface area contributed by atoms with E-state index in [1.165, 1.54) is 5.56 Å². The number of aliphatic imine (C=N–C) groups is 1. The van der Waals surface area contributed by atoms with Crippen molar-refractivity contribution >= 4 is 40.1 Å². The number of amidine groups is 1. The van der Waals surface area contributed by atoms with Gasteiger partial charge in [-0.1, -0.05) is 71.4 Å². The summed E-state index contributed by atoms with van der Waals surface area (Å²) in [7, 11) is 0. The fourth-order valence-corrected chi connectivity index (χ4v) is 5.52. The van der Waals surface area contributed by atoms with Crippen LogP contribution in [0.3, 0.4) is 0 Å². The van der Waals surface area contributed by atoms with Crippen molar-refractivity contribution in [1.82, 2.24) is 4.90 Å². The molecule has 2 aromatic rings. The Morgan fingerprint density at radius 1 is 1.20 bits per heavy atom. The highest BCUT2D eigenvalue weighted by atomic mass is 35.5. The van der Waals surface area contributed by atoms with Gasteiger partial charge in [0.25, 0.3) is 0 Å². The number of halogens is 2.